The summed E-state index contributed by atoms with van der Waals surface area (Å²) in [6, 6.07) is 6.08. The van der Waals surface area contributed by atoms with Gasteiger partial charge in [0.05, 0.1) is 40.3 Å². The van der Waals surface area contributed by atoms with Crippen LogP contribution in [0.1, 0.15) is 28.6 Å². The van der Waals surface area contributed by atoms with Crippen LogP contribution in [0.5, 0.6) is 6.01 Å². The van der Waals surface area contributed by atoms with E-state index in [1.165, 1.54) is 39.3 Å². The number of carbonyl (C=O) groups excluding carboxylic acids is 1. The van der Waals surface area contributed by atoms with Gasteiger partial charge in [-0.25, -0.2) is 40.5 Å². The number of aromatic carboxylic acids is 1. The highest BCUT2D eigenvalue weighted by atomic mass is 35.5. The number of alkyl halides is 2. The quantitative estimate of drug-likeness (QED) is 0.222. The number of halogens is 4. The van der Waals surface area contributed by atoms with Crippen molar-refractivity contribution in [3.63, 3.8) is 0 Å². The summed E-state index contributed by atoms with van der Waals surface area (Å²) in [7, 11) is -5.52. The van der Waals surface area contributed by atoms with Crippen molar-refractivity contribution >= 4 is 66.9 Å². The number of nitrogens with one attached hydrogen (secondary N) is 2. The van der Waals surface area contributed by atoms with Gasteiger partial charge in [-0.05, 0) is 38.1 Å². The van der Waals surface area contributed by atoms with E-state index in [1.807, 2.05) is 0 Å². The lowest BCUT2D eigenvalue weighted by Gasteiger charge is -2.17. The number of amides is 2. The minimum atomic E-state index is -4.44. The third-order valence-electron chi connectivity index (χ3n) is 5.87. The second-order valence-corrected chi connectivity index (χ2v) is 13.7. The van der Waals surface area contributed by atoms with E-state index < -0.39 is 54.7 Å². The Bertz CT molecular complexity index is 2200. The van der Waals surface area contributed by atoms with Crippen LogP contribution in [0, 0.1) is 13.8 Å². The van der Waals surface area contributed by atoms with Gasteiger partial charge in [0.2, 0.25) is 16.0 Å². The lowest BCUT2D eigenvalue weighted by molar-refractivity contribution is 0.0639. The molecule has 0 saturated carbocycles. The summed E-state index contributed by atoms with van der Waals surface area (Å²) in [6.07, 6.45) is 0.902. The van der Waals surface area contributed by atoms with Crippen molar-refractivity contribution in [3.05, 3.63) is 74.1 Å². The van der Waals surface area contributed by atoms with Crippen LogP contribution < -0.4 is 24.8 Å². The fourth-order valence-electron chi connectivity index (χ4n) is 3.73. The van der Waals surface area contributed by atoms with E-state index in [9.17, 15) is 40.0 Å². The summed E-state index contributed by atoms with van der Waals surface area (Å²) in [4.78, 5) is 47.4. The Labute approximate surface area is 286 Å². The molecule has 264 valence electrons. The number of aromatic nitrogens is 6. The van der Waals surface area contributed by atoms with Crippen LogP contribution in [0.15, 0.2) is 46.1 Å². The first kappa shape index (κ1) is 38.5. The van der Waals surface area contributed by atoms with Crippen molar-refractivity contribution < 1.29 is 45.0 Å². The number of aryl methyl sites for hydroxylation is 2. The van der Waals surface area contributed by atoms with Crippen LogP contribution in [0.4, 0.5) is 25.2 Å². The number of carboxylic acid groups (broad SMARTS) is 1. The van der Waals surface area contributed by atoms with Crippen molar-refractivity contribution in [2.24, 2.45) is 0 Å². The normalized spacial score (nSPS) is 11.4. The van der Waals surface area contributed by atoms with E-state index in [2.05, 4.69) is 24.8 Å². The second kappa shape index (κ2) is 15.1. The molecule has 0 spiro atoms. The topological polar surface area (TPSA) is 238 Å². The van der Waals surface area contributed by atoms with Gasteiger partial charge in [0, 0.05) is 7.05 Å². The molecule has 2 heterocycles. The number of anilines is 2. The molecule has 0 aliphatic heterocycles. The van der Waals surface area contributed by atoms with Gasteiger partial charge in [0.1, 0.15) is 16.5 Å². The summed E-state index contributed by atoms with van der Waals surface area (Å²) in [5.41, 5.74) is -1.74. The molecule has 3 N–H and O–H groups in total. The Morgan fingerprint density at radius 2 is 1.67 bits per heavy atom. The zero-order chi connectivity index (χ0) is 37.0. The molecule has 4 rings (SSSR count). The number of nitrogens with zero attached hydrogens (tertiary/aromatic N) is 7. The van der Waals surface area contributed by atoms with Gasteiger partial charge in [-0.3, -0.25) is 9.62 Å². The number of carboxylic acids is 1. The van der Waals surface area contributed by atoms with Crippen molar-refractivity contribution in [1.29, 1.82) is 0 Å². The molecule has 0 aliphatic rings. The zero-order valence-corrected chi connectivity index (χ0v) is 28.9. The molecular formula is C25H25Cl2F2N9O9S2. The zero-order valence-electron chi connectivity index (χ0n) is 25.7. The lowest BCUT2D eigenvalue weighted by atomic mass is 10.2. The summed E-state index contributed by atoms with van der Waals surface area (Å²) in [5, 5.41) is 12.7. The molecule has 0 saturated heterocycles. The summed E-state index contributed by atoms with van der Waals surface area (Å²) < 4.78 is 82.7. The highest BCUT2D eigenvalue weighted by Gasteiger charge is 2.27. The molecule has 0 fully saturated rings. The van der Waals surface area contributed by atoms with Crippen molar-refractivity contribution in [3.8, 4) is 11.7 Å². The molecular weight excluding hydrogens is 743 g/mol. The van der Waals surface area contributed by atoms with Gasteiger partial charge in [-0.15, -0.1) is 5.10 Å². The van der Waals surface area contributed by atoms with E-state index in [0.717, 1.165) is 29.4 Å². The molecule has 4 aromatic rings. The number of urea groups is 1. The van der Waals surface area contributed by atoms with Gasteiger partial charge < -0.3 is 9.84 Å². The predicted octanol–water partition coefficient (Wildman–Crippen LogP) is 2.84. The van der Waals surface area contributed by atoms with Gasteiger partial charge >= 0.3 is 30.3 Å². The Kier molecular flexibility index (Phi) is 11.9. The molecule has 0 aliphatic carbocycles. The summed E-state index contributed by atoms with van der Waals surface area (Å²) >= 11 is 11.8. The van der Waals surface area contributed by atoms with Gasteiger partial charge in [0.25, 0.3) is 10.0 Å². The number of ether oxygens (including phenoxy) is 1. The monoisotopic (exact) mass is 767 g/mol. The average molecular weight is 769 g/mol. The first-order valence-corrected chi connectivity index (χ1v) is 17.1. The van der Waals surface area contributed by atoms with Gasteiger partial charge in [0.15, 0.2) is 0 Å². The Morgan fingerprint density at radius 1 is 1.04 bits per heavy atom. The van der Waals surface area contributed by atoms with E-state index in [0.29, 0.717) is 4.68 Å². The first-order chi connectivity index (χ1) is 22.7. The maximum Gasteiger partial charge on any atom is 0.355 e. The Hall–Kier alpha value is -4.93. The highest BCUT2D eigenvalue weighted by Crippen LogP contribution is 2.31. The van der Waals surface area contributed by atoms with Gasteiger partial charge in [-0.1, -0.05) is 35.3 Å². The maximum atomic E-state index is 12.8. The molecule has 2 aromatic carbocycles. The molecule has 0 atom stereocenters. The van der Waals surface area contributed by atoms with E-state index >= 15 is 0 Å². The highest BCUT2D eigenvalue weighted by molar-refractivity contribution is 7.92. The minimum absolute atomic E-state index is 0.0257. The second-order valence-electron chi connectivity index (χ2n) is 9.49. The number of benzene rings is 2. The molecule has 24 heteroatoms. The third-order valence-corrected chi connectivity index (χ3v) is 8.45. The Balaban J connectivity index is 0.000000267. The van der Waals surface area contributed by atoms with Crippen molar-refractivity contribution in [2.75, 3.05) is 30.0 Å². The molecule has 2 aromatic heterocycles. The van der Waals surface area contributed by atoms with Crippen molar-refractivity contribution in [2.45, 2.75) is 25.3 Å². The number of hydrogen-bond donors (Lipinski definition) is 3. The summed E-state index contributed by atoms with van der Waals surface area (Å²) in [5.74, 6) is -1.56. The minimum Gasteiger partial charge on any atom is -0.478 e. The van der Waals surface area contributed by atoms with Crippen molar-refractivity contribution in [1.82, 2.24) is 34.0 Å². The molecule has 18 nitrogen and oxygen atoms in total. The molecule has 0 bridgehead atoms. The van der Waals surface area contributed by atoms with Crippen LogP contribution in [-0.4, -0.2) is 83.7 Å². The predicted molar refractivity (Wildman–Crippen MR) is 171 cm³/mol. The average Bonchev–Trinajstić information content (AvgIpc) is 3.30. The first-order valence-electron chi connectivity index (χ1n) is 13.0. The van der Waals surface area contributed by atoms with Crippen LogP contribution in [0.2, 0.25) is 10.0 Å². The van der Waals surface area contributed by atoms with Gasteiger partial charge in [-0.2, -0.15) is 28.4 Å². The molecule has 2 amide bonds. The van der Waals surface area contributed by atoms with Crippen LogP contribution in [0.3, 0.4) is 0 Å². The third kappa shape index (κ3) is 9.37. The van der Waals surface area contributed by atoms with Crippen LogP contribution >= 0.6 is 23.2 Å². The molecule has 0 unspecified atom stereocenters. The van der Waals surface area contributed by atoms with E-state index in [-0.39, 0.29) is 49.6 Å². The number of carbonyl (C=O) groups is 2. The number of sulfonamides is 2. The van der Waals surface area contributed by atoms with E-state index in [1.54, 1.807) is 11.6 Å². The van der Waals surface area contributed by atoms with E-state index in [4.69, 9.17) is 33.0 Å². The number of methoxy groups -OCH3 is 1. The molecule has 49 heavy (non-hydrogen) atoms. The fourth-order valence-corrected chi connectivity index (χ4v) is 6.04. The fraction of sp³-hybridized carbons (Fsp3) is 0.240. The Morgan fingerprint density at radius 3 is 2.22 bits per heavy atom. The number of rotatable bonds is 9. The summed E-state index contributed by atoms with van der Waals surface area (Å²) in [6.45, 7) is -0.306. The van der Waals surface area contributed by atoms with Crippen LogP contribution in [-0.2, 0) is 20.0 Å². The lowest BCUT2D eigenvalue weighted by Crippen LogP contribution is -2.42. The largest absolute Gasteiger partial charge is 0.478 e. The standard InChI is InChI=1S/C14H15N5O6S.C11H10Cl2F2N4O3S/c1-8-15-12(17-13(16-8)25-3)19(2)14(22)18-26(23,24)10-7-5-4-6-9(10)11(20)21;1-5-16-19(11(20)18(5)10(14)15)9-4-8(17-23(2,21)22)6(12)3-7(9)13/h4-7H,1-3H3,(H,18,22)(H,20,21);3-4,10,17H,1-2H3. The molecule has 0 radical (unpaired) electrons. The maximum absolute atomic E-state index is 12.8. The SMILES string of the molecule is COc1nc(C)nc(N(C)C(=O)NS(=O)(=O)c2ccccc2C(=O)O)n1.Cc1nn(-c2cc(NS(C)(=O)=O)c(Cl)cc2Cl)c(=O)n1C(F)F. The smallest absolute Gasteiger partial charge is 0.355 e. The van der Waals surface area contributed by atoms with Crippen LogP contribution in [0.25, 0.3) is 5.69 Å². The number of hydrogen-bond acceptors (Lipinski definition) is 12.